The number of guanidine groups is 1. The Balaban J connectivity index is 0.00000576. The van der Waals surface area contributed by atoms with E-state index >= 15 is 0 Å². The number of alkyl carbamates (subject to hydrolysis) is 1. The summed E-state index contributed by atoms with van der Waals surface area (Å²) in [4.78, 5) is 15.7. The Hall–Kier alpha value is -1.51. The lowest BCUT2D eigenvalue weighted by molar-refractivity contribution is 0.0529. The number of nitrogens with zero attached hydrogens (tertiary/aromatic N) is 1. The third-order valence-electron chi connectivity index (χ3n) is 3.14. The van der Waals surface area contributed by atoms with Gasteiger partial charge in [-0.1, -0.05) is 29.8 Å². The van der Waals surface area contributed by atoms with Crippen molar-refractivity contribution in [3.05, 3.63) is 35.4 Å². The van der Waals surface area contributed by atoms with Crippen molar-refractivity contribution in [3.8, 4) is 0 Å². The zero-order chi connectivity index (χ0) is 18.0. The molecule has 0 atom stereocenters. The van der Waals surface area contributed by atoms with E-state index in [9.17, 15) is 4.79 Å². The number of hydrogen-bond donors (Lipinski definition) is 3. The van der Waals surface area contributed by atoms with E-state index in [0.29, 0.717) is 19.0 Å². The van der Waals surface area contributed by atoms with Crippen LogP contribution in [0.5, 0.6) is 0 Å². The summed E-state index contributed by atoms with van der Waals surface area (Å²) in [6.07, 6.45) is 0.517. The lowest BCUT2D eigenvalue weighted by atomic mass is 10.1. The molecule has 1 amide bonds. The van der Waals surface area contributed by atoms with Crippen LogP contribution in [-0.2, 0) is 11.2 Å². The maximum absolute atomic E-state index is 11.5. The van der Waals surface area contributed by atoms with E-state index in [1.54, 1.807) is 7.05 Å². The van der Waals surface area contributed by atoms with E-state index in [4.69, 9.17) is 4.74 Å². The molecule has 0 heterocycles. The van der Waals surface area contributed by atoms with E-state index in [0.717, 1.165) is 13.0 Å². The van der Waals surface area contributed by atoms with Crippen LogP contribution in [0.15, 0.2) is 29.3 Å². The second-order valence-electron chi connectivity index (χ2n) is 6.59. The maximum atomic E-state index is 11.5. The van der Waals surface area contributed by atoms with Crippen molar-refractivity contribution in [3.63, 3.8) is 0 Å². The Bertz CT molecular complexity index is 539. The topological polar surface area (TPSA) is 74.8 Å². The highest BCUT2D eigenvalue weighted by molar-refractivity contribution is 14.0. The molecule has 0 aliphatic rings. The normalized spacial score (nSPS) is 11.3. The van der Waals surface area contributed by atoms with Crippen LogP contribution in [0.1, 0.15) is 31.9 Å². The molecule has 0 unspecified atom stereocenters. The highest BCUT2D eigenvalue weighted by Gasteiger charge is 2.15. The van der Waals surface area contributed by atoms with Gasteiger partial charge in [0.25, 0.3) is 0 Å². The first-order valence-corrected chi connectivity index (χ1v) is 8.27. The first kappa shape index (κ1) is 23.5. The standard InChI is InChI=1S/C18H30N4O2.HI/c1-14-6-8-15(9-7-14)10-11-20-16(19-5)21-12-13-22-17(23)24-18(2,3)4;/h6-9H,10-13H2,1-5H3,(H,22,23)(H2,19,20,21);1H. The molecule has 6 nitrogen and oxygen atoms in total. The van der Waals surface area contributed by atoms with E-state index in [1.807, 2.05) is 20.8 Å². The zero-order valence-corrected chi connectivity index (χ0v) is 18.1. The first-order chi connectivity index (χ1) is 11.3. The number of hydrogen-bond acceptors (Lipinski definition) is 3. The molecule has 0 fully saturated rings. The SMILES string of the molecule is CN=C(NCCNC(=O)OC(C)(C)C)NCCc1ccc(C)cc1.I. The van der Waals surface area contributed by atoms with Crippen molar-refractivity contribution in [1.82, 2.24) is 16.0 Å². The first-order valence-electron chi connectivity index (χ1n) is 8.27. The summed E-state index contributed by atoms with van der Waals surface area (Å²) in [6, 6.07) is 8.51. The molecule has 0 saturated heterocycles. The number of aryl methyl sites for hydroxylation is 1. The average molecular weight is 462 g/mol. The summed E-state index contributed by atoms with van der Waals surface area (Å²) in [5, 5.41) is 9.10. The summed E-state index contributed by atoms with van der Waals surface area (Å²) in [5.74, 6) is 0.716. The van der Waals surface area contributed by atoms with Crippen LogP contribution in [0.2, 0.25) is 0 Å². The third-order valence-corrected chi connectivity index (χ3v) is 3.14. The minimum Gasteiger partial charge on any atom is -0.444 e. The highest BCUT2D eigenvalue weighted by atomic mass is 127. The second kappa shape index (κ2) is 11.9. The van der Waals surface area contributed by atoms with Crippen molar-refractivity contribution in [2.45, 2.75) is 39.7 Å². The predicted molar refractivity (Wildman–Crippen MR) is 114 cm³/mol. The summed E-state index contributed by atoms with van der Waals surface area (Å²) in [7, 11) is 1.72. The van der Waals surface area contributed by atoms with Gasteiger partial charge in [0.15, 0.2) is 5.96 Å². The molecule has 0 aliphatic carbocycles. The van der Waals surface area contributed by atoms with Gasteiger partial charge in [-0.15, -0.1) is 24.0 Å². The minimum absolute atomic E-state index is 0. The van der Waals surface area contributed by atoms with Crippen LogP contribution >= 0.6 is 24.0 Å². The molecule has 142 valence electrons. The molecule has 0 saturated carbocycles. The van der Waals surface area contributed by atoms with Crippen molar-refractivity contribution in [2.24, 2.45) is 4.99 Å². The molecule has 1 rings (SSSR count). The second-order valence-corrected chi connectivity index (χ2v) is 6.59. The Morgan fingerprint density at radius 1 is 1.04 bits per heavy atom. The van der Waals surface area contributed by atoms with Gasteiger partial charge >= 0.3 is 6.09 Å². The van der Waals surface area contributed by atoms with Crippen LogP contribution in [0.3, 0.4) is 0 Å². The fourth-order valence-corrected chi connectivity index (χ4v) is 1.96. The Morgan fingerprint density at radius 3 is 2.16 bits per heavy atom. The molecular weight excluding hydrogens is 431 g/mol. The van der Waals surface area contributed by atoms with Gasteiger partial charge in [0.2, 0.25) is 0 Å². The van der Waals surface area contributed by atoms with Gasteiger partial charge in [0.1, 0.15) is 5.60 Å². The zero-order valence-electron chi connectivity index (χ0n) is 15.8. The van der Waals surface area contributed by atoms with E-state index in [-0.39, 0.29) is 24.0 Å². The Labute approximate surface area is 168 Å². The minimum atomic E-state index is -0.481. The fraction of sp³-hybridized carbons (Fsp3) is 0.556. The summed E-state index contributed by atoms with van der Waals surface area (Å²) in [6.45, 7) is 9.43. The highest BCUT2D eigenvalue weighted by Crippen LogP contribution is 2.06. The number of amides is 1. The van der Waals surface area contributed by atoms with Crippen LogP contribution < -0.4 is 16.0 Å². The molecule has 0 radical (unpaired) electrons. The van der Waals surface area contributed by atoms with Gasteiger partial charge in [-0.25, -0.2) is 4.79 Å². The number of nitrogens with one attached hydrogen (secondary N) is 3. The average Bonchev–Trinajstić information content (AvgIpc) is 2.49. The van der Waals surface area contributed by atoms with Gasteiger partial charge in [-0.3, -0.25) is 4.99 Å². The maximum Gasteiger partial charge on any atom is 0.407 e. The van der Waals surface area contributed by atoms with Gasteiger partial charge in [0.05, 0.1) is 0 Å². The lowest BCUT2D eigenvalue weighted by Gasteiger charge is -2.19. The fourth-order valence-electron chi connectivity index (χ4n) is 1.96. The van der Waals surface area contributed by atoms with Crippen molar-refractivity contribution in [2.75, 3.05) is 26.7 Å². The van der Waals surface area contributed by atoms with Gasteiger partial charge in [-0.2, -0.15) is 0 Å². The van der Waals surface area contributed by atoms with Crippen molar-refractivity contribution < 1.29 is 9.53 Å². The third kappa shape index (κ3) is 11.6. The number of benzene rings is 1. The van der Waals surface area contributed by atoms with E-state index in [1.165, 1.54) is 11.1 Å². The molecule has 0 aromatic heterocycles. The van der Waals surface area contributed by atoms with Gasteiger partial charge < -0.3 is 20.7 Å². The molecule has 3 N–H and O–H groups in total. The van der Waals surface area contributed by atoms with Crippen LogP contribution in [0, 0.1) is 6.92 Å². The smallest absolute Gasteiger partial charge is 0.407 e. The molecule has 0 bridgehead atoms. The van der Waals surface area contributed by atoms with Crippen LogP contribution in [0.25, 0.3) is 0 Å². The largest absolute Gasteiger partial charge is 0.444 e. The number of ether oxygens (including phenoxy) is 1. The molecule has 0 spiro atoms. The van der Waals surface area contributed by atoms with Gasteiger partial charge in [0, 0.05) is 26.7 Å². The van der Waals surface area contributed by atoms with Gasteiger partial charge in [-0.05, 0) is 39.7 Å². The molecular formula is C18H31IN4O2. The number of halogens is 1. The number of rotatable bonds is 6. The van der Waals surface area contributed by atoms with Crippen LogP contribution in [-0.4, -0.2) is 44.3 Å². The molecule has 1 aromatic rings. The summed E-state index contributed by atoms with van der Waals surface area (Å²) >= 11 is 0. The quantitative estimate of drug-likeness (QED) is 0.263. The number of carbonyl (C=O) groups is 1. The monoisotopic (exact) mass is 462 g/mol. The molecule has 25 heavy (non-hydrogen) atoms. The summed E-state index contributed by atoms with van der Waals surface area (Å²) < 4.78 is 5.17. The van der Waals surface area contributed by atoms with E-state index < -0.39 is 11.7 Å². The number of carbonyl (C=O) groups excluding carboxylic acids is 1. The summed E-state index contributed by atoms with van der Waals surface area (Å²) in [5.41, 5.74) is 2.07. The lowest BCUT2D eigenvalue weighted by Crippen LogP contribution is -2.42. The van der Waals surface area contributed by atoms with Crippen LogP contribution in [0.4, 0.5) is 4.79 Å². The number of aliphatic imine (C=N–C) groups is 1. The van der Waals surface area contributed by atoms with E-state index in [2.05, 4.69) is 52.1 Å². The van der Waals surface area contributed by atoms with Crippen molar-refractivity contribution >= 4 is 36.0 Å². The molecule has 0 aliphatic heterocycles. The predicted octanol–water partition coefficient (Wildman–Crippen LogP) is 2.85. The van der Waals surface area contributed by atoms with Crippen molar-refractivity contribution in [1.29, 1.82) is 0 Å². The Morgan fingerprint density at radius 2 is 1.60 bits per heavy atom. The Kier molecular flexibility index (Phi) is 11.2. The molecule has 1 aromatic carbocycles. The molecule has 7 heteroatoms.